The van der Waals surface area contributed by atoms with Crippen molar-refractivity contribution in [3.63, 3.8) is 0 Å². The molecule has 8 heteroatoms. The zero-order chi connectivity index (χ0) is 19.4. The Balaban J connectivity index is 1.72. The van der Waals surface area contributed by atoms with E-state index in [0.29, 0.717) is 23.1 Å². The lowest BCUT2D eigenvalue weighted by Crippen LogP contribution is -2.35. The van der Waals surface area contributed by atoms with Crippen LogP contribution in [-0.4, -0.2) is 31.7 Å². The van der Waals surface area contributed by atoms with Gasteiger partial charge in [0.1, 0.15) is 5.82 Å². The van der Waals surface area contributed by atoms with E-state index in [4.69, 9.17) is 0 Å². The minimum absolute atomic E-state index is 0.144. The predicted octanol–water partition coefficient (Wildman–Crippen LogP) is 3.69. The second-order valence-corrected chi connectivity index (χ2v) is 9.21. The van der Waals surface area contributed by atoms with Gasteiger partial charge in [-0.25, -0.2) is 12.8 Å². The number of amides is 1. The van der Waals surface area contributed by atoms with Gasteiger partial charge >= 0.3 is 0 Å². The number of nitrogens with one attached hydrogen (secondary N) is 1. The molecule has 1 fully saturated rings. The van der Waals surface area contributed by atoms with E-state index < -0.39 is 21.7 Å². The topological polar surface area (TPSA) is 66.5 Å². The molecule has 144 valence electrons. The number of benzene rings is 2. The third-order valence-electron chi connectivity index (χ3n) is 4.48. The molecule has 0 atom stereocenters. The third kappa shape index (κ3) is 4.75. The molecule has 1 N–H and O–H groups in total. The SMILES string of the molecule is O=C(NCc1cccc(S(=O)(=O)N2CCCCC2)c1)c1cc(F)ccc1Br. The van der Waals surface area contributed by atoms with Gasteiger partial charge in [0.05, 0.1) is 10.5 Å². The Hall–Kier alpha value is -1.77. The van der Waals surface area contributed by atoms with Crippen LogP contribution in [0.25, 0.3) is 0 Å². The van der Waals surface area contributed by atoms with Crippen molar-refractivity contribution < 1.29 is 17.6 Å². The Kier molecular flexibility index (Phi) is 6.29. The molecule has 27 heavy (non-hydrogen) atoms. The number of rotatable bonds is 5. The van der Waals surface area contributed by atoms with Gasteiger partial charge in [-0.2, -0.15) is 4.31 Å². The minimum Gasteiger partial charge on any atom is -0.348 e. The molecule has 1 aliphatic heterocycles. The summed E-state index contributed by atoms with van der Waals surface area (Å²) in [6.07, 6.45) is 2.79. The van der Waals surface area contributed by atoms with Crippen molar-refractivity contribution in [2.24, 2.45) is 0 Å². The molecule has 1 aliphatic rings. The van der Waals surface area contributed by atoms with Crippen LogP contribution in [-0.2, 0) is 16.6 Å². The van der Waals surface area contributed by atoms with Crippen LogP contribution in [0.1, 0.15) is 35.2 Å². The van der Waals surface area contributed by atoms with E-state index in [2.05, 4.69) is 21.2 Å². The fourth-order valence-electron chi connectivity index (χ4n) is 3.02. The highest BCUT2D eigenvalue weighted by molar-refractivity contribution is 9.10. The number of carbonyl (C=O) groups excluding carboxylic acids is 1. The van der Waals surface area contributed by atoms with Crippen molar-refractivity contribution in [2.75, 3.05) is 13.1 Å². The number of hydrogen-bond acceptors (Lipinski definition) is 3. The van der Waals surface area contributed by atoms with Gasteiger partial charge in [-0.3, -0.25) is 4.79 Å². The molecule has 3 rings (SSSR count). The Morgan fingerprint density at radius 2 is 1.85 bits per heavy atom. The molecule has 0 unspecified atom stereocenters. The van der Waals surface area contributed by atoms with Crippen LogP contribution in [0.4, 0.5) is 4.39 Å². The molecule has 1 amide bonds. The van der Waals surface area contributed by atoms with Crippen molar-refractivity contribution in [3.05, 3.63) is 63.9 Å². The molecule has 0 spiro atoms. The van der Waals surface area contributed by atoms with Crippen molar-refractivity contribution in [1.82, 2.24) is 9.62 Å². The summed E-state index contributed by atoms with van der Waals surface area (Å²) >= 11 is 3.23. The van der Waals surface area contributed by atoms with Crippen molar-refractivity contribution >= 4 is 31.9 Å². The zero-order valence-corrected chi connectivity index (χ0v) is 17.0. The highest BCUT2D eigenvalue weighted by Gasteiger charge is 2.26. The largest absolute Gasteiger partial charge is 0.348 e. The number of hydrogen-bond donors (Lipinski definition) is 1. The highest BCUT2D eigenvalue weighted by Crippen LogP contribution is 2.22. The molecule has 0 saturated carbocycles. The second kappa shape index (κ2) is 8.50. The Morgan fingerprint density at radius 3 is 2.59 bits per heavy atom. The summed E-state index contributed by atoms with van der Waals surface area (Å²) in [5, 5.41) is 2.70. The van der Waals surface area contributed by atoms with Gasteiger partial charge in [-0.15, -0.1) is 0 Å². The number of carbonyl (C=O) groups is 1. The van der Waals surface area contributed by atoms with Gasteiger partial charge in [0.15, 0.2) is 0 Å². The van der Waals surface area contributed by atoms with E-state index in [-0.39, 0.29) is 17.0 Å². The molecular weight excluding hydrogens is 435 g/mol. The van der Waals surface area contributed by atoms with Crippen LogP contribution in [0.15, 0.2) is 51.8 Å². The average Bonchev–Trinajstić information content (AvgIpc) is 2.69. The molecular formula is C19H20BrFN2O3S. The monoisotopic (exact) mass is 454 g/mol. The fraction of sp³-hybridized carbons (Fsp3) is 0.316. The molecule has 1 saturated heterocycles. The summed E-state index contributed by atoms with van der Waals surface area (Å²) < 4.78 is 40.9. The molecule has 0 aliphatic carbocycles. The van der Waals surface area contributed by atoms with Gasteiger partial charge in [-0.05, 0) is 64.7 Å². The Bertz CT molecular complexity index is 944. The van der Waals surface area contributed by atoms with E-state index in [0.717, 1.165) is 25.3 Å². The van der Waals surface area contributed by atoms with E-state index >= 15 is 0 Å². The smallest absolute Gasteiger partial charge is 0.252 e. The van der Waals surface area contributed by atoms with Gasteiger partial charge in [0, 0.05) is 24.1 Å². The van der Waals surface area contributed by atoms with E-state index in [1.807, 2.05) is 0 Å². The molecule has 0 radical (unpaired) electrons. The quantitative estimate of drug-likeness (QED) is 0.748. The van der Waals surface area contributed by atoms with Crippen LogP contribution in [0.2, 0.25) is 0 Å². The molecule has 2 aromatic carbocycles. The van der Waals surface area contributed by atoms with Gasteiger partial charge in [-0.1, -0.05) is 18.6 Å². The first-order chi connectivity index (χ1) is 12.9. The van der Waals surface area contributed by atoms with Crippen molar-refractivity contribution in [3.8, 4) is 0 Å². The lowest BCUT2D eigenvalue weighted by molar-refractivity contribution is 0.0949. The lowest BCUT2D eigenvalue weighted by atomic mass is 10.2. The summed E-state index contributed by atoms with van der Waals surface area (Å²) in [5.41, 5.74) is 0.848. The second-order valence-electron chi connectivity index (χ2n) is 6.42. The van der Waals surface area contributed by atoms with E-state index in [1.165, 1.54) is 16.4 Å². The van der Waals surface area contributed by atoms with Crippen LogP contribution in [0, 0.1) is 5.82 Å². The summed E-state index contributed by atoms with van der Waals surface area (Å²) in [6.45, 7) is 1.22. The highest BCUT2D eigenvalue weighted by atomic mass is 79.9. The minimum atomic E-state index is -3.52. The number of sulfonamides is 1. The maximum atomic E-state index is 13.4. The average molecular weight is 455 g/mol. The van der Waals surface area contributed by atoms with E-state index in [1.54, 1.807) is 24.3 Å². The van der Waals surface area contributed by atoms with Crippen LogP contribution in [0.3, 0.4) is 0 Å². The third-order valence-corrected chi connectivity index (χ3v) is 7.06. The molecule has 1 heterocycles. The summed E-state index contributed by atoms with van der Waals surface area (Å²) in [4.78, 5) is 12.5. The first kappa shape index (κ1) is 20.0. The standard InChI is InChI=1S/C19H20BrFN2O3S/c20-18-8-7-15(21)12-17(18)19(24)22-13-14-5-4-6-16(11-14)27(25,26)23-9-2-1-3-10-23/h4-8,11-12H,1-3,9-10,13H2,(H,22,24). The Morgan fingerprint density at radius 1 is 1.11 bits per heavy atom. The maximum absolute atomic E-state index is 13.4. The molecule has 0 bridgehead atoms. The summed E-state index contributed by atoms with van der Waals surface area (Å²) in [7, 11) is -3.52. The predicted molar refractivity (Wildman–Crippen MR) is 104 cm³/mol. The summed E-state index contributed by atoms with van der Waals surface area (Å²) in [5.74, 6) is -0.941. The van der Waals surface area contributed by atoms with Gasteiger partial charge in [0.2, 0.25) is 10.0 Å². The van der Waals surface area contributed by atoms with Crippen molar-refractivity contribution in [2.45, 2.75) is 30.7 Å². The molecule has 0 aromatic heterocycles. The zero-order valence-electron chi connectivity index (χ0n) is 14.6. The summed E-state index contributed by atoms with van der Waals surface area (Å²) in [6, 6.07) is 10.4. The maximum Gasteiger partial charge on any atom is 0.252 e. The number of halogens is 2. The normalized spacial score (nSPS) is 15.5. The van der Waals surface area contributed by atoms with Gasteiger partial charge in [0.25, 0.3) is 5.91 Å². The van der Waals surface area contributed by atoms with Gasteiger partial charge < -0.3 is 5.32 Å². The van der Waals surface area contributed by atoms with Crippen molar-refractivity contribution in [1.29, 1.82) is 0 Å². The van der Waals surface area contributed by atoms with Crippen LogP contribution < -0.4 is 5.32 Å². The van der Waals surface area contributed by atoms with E-state index in [9.17, 15) is 17.6 Å². The fourth-order valence-corrected chi connectivity index (χ4v) is 5.03. The first-order valence-corrected chi connectivity index (χ1v) is 10.9. The molecule has 5 nitrogen and oxygen atoms in total. The number of piperidine rings is 1. The van der Waals surface area contributed by atoms with Crippen LogP contribution >= 0.6 is 15.9 Å². The lowest BCUT2D eigenvalue weighted by Gasteiger charge is -2.26. The first-order valence-electron chi connectivity index (χ1n) is 8.70. The number of nitrogens with zero attached hydrogens (tertiary/aromatic N) is 1. The Labute approximate surface area is 166 Å². The van der Waals surface area contributed by atoms with Crippen LogP contribution in [0.5, 0.6) is 0 Å². The molecule has 2 aromatic rings.